The van der Waals surface area contributed by atoms with Crippen LogP contribution in [-0.2, 0) is 4.79 Å². The second-order valence-corrected chi connectivity index (χ2v) is 1.43. The van der Waals surface area contributed by atoms with Gasteiger partial charge in [0.05, 0.1) is 0 Å². The number of primary amides is 1. The Bertz CT molecular complexity index is 96.7. The Labute approximate surface area is 49.4 Å². The molecule has 0 atom stereocenters. The van der Waals surface area contributed by atoms with Gasteiger partial charge in [-0.25, -0.2) is 0 Å². The monoisotopic (exact) mass is 112 g/mol. The van der Waals surface area contributed by atoms with Crippen molar-refractivity contribution < 1.29 is 4.79 Å². The van der Waals surface area contributed by atoms with E-state index < -0.39 is 0 Å². The number of rotatable bonds is 3. The number of hydrogen-bond acceptors (Lipinski definition) is 1. The van der Waals surface area contributed by atoms with E-state index in [1.54, 1.807) is 6.08 Å². The molecule has 0 saturated carbocycles. The highest BCUT2D eigenvalue weighted by Gasteiger charge is 1.83. The van der Waals surface area contributed by atoms with Gasteiger partial charge in [-0.15, -0.1) is 0 Å². The van der Waals surface area contributed by atoms with Gasteiger partial charge in [-0.1, -0.05) is 12.2 Å². The Morgan fingerprint density at radius 1 is 1.62 bits per heavy atom. The van der Waals surface area contributed by atoms with E-state index in [1.165, 1.54) is 0 Å². The zero-order valence-corrected chi connectivity index (χ0v) is 4.76. The summed E-state index contributed by atoms with van der Waals surface area (Å²) in [5.74, 6) is -0.297. The molecule has 8 heavy (non-hydrogen) atoms. The van der Waals surface area contributed by atoms with Crippen molar-refractivity contribution in [2.24, 2.45) is 5.73 Å². The van der Waals surface area contributed by atoms with Crippen molar-refractivity contribution in [2.75, 3.05) is 0 Å². The van der Waals surface area contributed by atoms with E-state index in [9.17, 15) is 4.79 Å². The first-order valence-electron chi connectivity index (χ1n) is 2.50. The third kappa shape index (κ3) is 5.21. The van der Waals surface area contributed by atoms with Gasteiger partial charge >= 0.3 is 0 Å². The first-order valence-corrected chi connectivity index (χ1v) is 2.50. The van der Waals surface area contributed by atoms with Crippen molar-refractivity contribution in [3.05, 3.63) is 19.1 Å². The third-order valence-corrected chi connectivity index (χ3v) is 0.652. The highest BCUT2D eigenvalue weighted by atomic mass is 16.1. The van der Waals surface area contributed by atoms with E-state index in [4.69, 9.17) is 5.73 Å². The van der Waals surface area contributed by atoms with Crippen molar-refractivity contribution in [3.8, 4) is 0 Å². The zero-order valence-electron chi connectivity index (χ0n) is 4.76. The quantitative estimate of drug-likeness (QED) is 0.535. The summed E-state index contributed by atoms with van der Waals surface area (Å²) in [5.41, 5.74) is 4.82. The minimum Gasteiger partial charge on any atom is -0.369 e. The minimum atomic E-state index is -0.297. The maximum Gasteiger partial charge on any atom is 0.221 e. The highest BCUT2D eigenvalue weighted by molar-refractivity contribution is 5.75. The van der Waals surface area contributed by atoms with Crippen LogP contribution in [0, 0.1) is 6.92 Å². The molecule has 0 fully saturated rings. The van der Waals surface area contributed by atoms with Crippen molar-refractivity contribution in [3.63, 3.8) is 0 Å². The largest absolute Gasteiger partial charge is 0.369 e. The molecule has 0 aliphatic heterocycles. The van der Waals surface area contributed by atoms with Crippen LogP contribution in [0.5, 0.6) is 0 Å². The zero-order chi connectivity index (χ0) is 6.41. The Balaban J connectivity index is 3.16. The normalized spacial score (nSPS) is 10.1. The predicted molar refractivity (Wildman–Crippen MR) is 32.9 cm³/mol. The molecule has 2 heteroatoms. The molecule has 0 aromatic heterocycles. The fraction of sp³-hybridized carbons (Fsp3) is 0.333. The SMILES string of the molecule is [CH2]CC=CCC(N)=O. The lowest BCUT2D eigenvalue weighted by atomic mass is 10.3. The van der Waals surface area contributed by atoms with Crippen LogP contribution in [-0.4, -0.2) is 5.91 Å². The molecule has 1 radical (unpaired) electrons. The number of amides is 1. The molecule has 0 aliphatic rings. The van der Waals surface area contributed by atoms with E-state index in [-0.39, 0.29) is 5.91 Å². The van der Waals surface area contributed by atoms with Gasteiger partial charge in [-0.2, -0.15) is 0 Å². The second-order valence-electron chi connectivity index (χ2n) is 1.43. The minimum absolute atomic E-state index is 0.297. The number of allylic oxidation sites excluding steroid dienone is 1. The van der Waals surface area contributed by atoms with Crippen molar-refractivity contribution in [1.82, 2.24) is 0 Å². The van der Waals surface area contributed by atoms with Crippen LogP contribution < -0.4 is 5.73 Å². The van der Waals surface area contributed by atoms with Gasteiger partial charge in [-0.05, 0) is 13.3 Å². The highest BCUT2D eigenvalue weighted by Crippen LogP contribution is 1.82. The Morgan fingerprint density at radius 3 is 2.62 bits per heavy atom. The number of nitrogens with two attached hydrogens (primary N) is 1. The smallest absolute Gasteiger partial charge is 0.221 e. The van der Waals surface area contributed by atoms with Gasteiger partial charge in [-0.3, -0.25) is 4.79 Å². The van der Waals surface area contributed by atoms with Gasteiger partial charge in [0.1, 0.15) is 0 Å². The molecule has 0 saturated heterocycles. The average Bonchev–Trinajstić information content (AvgIpc) is 1.66. The third-order valence-electron chi connectivity index (χ3n) is 0.652. The Morgan fingerprint density at radius 2 is 2.25 bits per heavy atom. The maximum absolute atomic E-state index is 10.0. The summed E-state index contributed by atoms with van der Waals surface area (Å²) in [5, 5.41) is 0. The lowest BCUT2D eigenvalue weighted by molar-refractivity contribution is -0.117. The van der Waals surface area contributed by atoms with Gasteiger partial charge in [0, 0.05) is 6.42 Å². The molecule has 0 aromatic carbocycles. The van der Waals surface area contributed by atoms with Crippen LogP contribution in [0.3, 0.4) is 0 Å². The second kappa shape index (κ2) is 4.37. The molecule has 0 bridgehead atoms. The molecule has 45 valence electrons. The fourth-order valence-electron chi connectivity index (χ4n) is 0.317. The number of carbonyl (C=O) groups excluding carboxylic acids is 1. The van der Waals surface area contributed by atoms with E-state index in [0.29, 0.717) is 12.8 Å². The summed E-state index contributed by atoms with van der Waals surface area (Å²) in [6.45, 7) is 3.54. The topological polar surface area (TPSA) is 43.1 Å². The number of hydrogen-bond donors (Lipinski definition) is 1. The lowest BCUT2D eigenvalue weighted by Gasteiger charge is -1.81. The Hall–Kier alpha value is -0.790. The molecule has 2 N–H and O–H groups in total. The van der Waals surface area contributed by atoms with Crippen LogP contribution in [0.1, 0.15) is 12.8 Å². The maximum atomic E-state index is 10.0. The fourth-order valence-corrected chi connectivity index (χ4v) is 0.317. The van der Waals surface area contributed by atoms with Crippen LogP contribution in [0.4, 0.5) is 0 Å². The van der Waals surface area contributed by atoms with E-state index in [2.05, 4.69) is 6.92 Å². The molecule has 0 rings (SSSR count). The molecule has 0 spiro atoms. The van der Waals surface area contributed by atoms with Gasteiger partial charge < -0.3 is 5.73 Å². The number of carbonyl (C=O) groups is 1. The van der Waals surface area contributed by atoms with Crippen LogP contribution in [0.25, 0.3) is 0 Å². The molecule has 0 aromatic rings. The van der Waals surface area contributed by atoms with Crippen LogP contribution in [0.2, 0.25) is 0 Å². The van der Waals surface area contributed by atoms with Crippen molar-refractivity contribution >= 4 is 5.91 Å². The average molecular weight is 112 g/mol. The first-order chi connectivity index (χ1) is 3.77. The van der Waals surface area contributed by atoms with Gasteiger partial charge in [0.25, 0.3) is 0 Å². The Kier molecular flexibility index (Phi) is 3.94. The molecule has 0 unspecified atom stereocenters. The standard InChI is InChI=1S/C6H10NO/c1-2-3-4-5-6(7)8/h3-4H,1-2,5H2,(H2,7,8). The summed E-state index contributed by atoms with van der Waals surface area (Å²) in [6.07, 6.45) is 4.57. The molecule has 0 aliphatic carbocycles. The predicted octanol–water partition coefficient (Wildman–Crippen LogP) is 0.642. The van der Waals surface area contributed by atoms with Crippen molar-refractivity contribution in [1.29, 1.82) is 0 Å². The van der Waals surface area contributed by atoms with Gasteiger partial charge in [0.2, 0.25) is 5.91 Å². The van der Waals surface area contributed by atoms with E-state index in [1.807, 2.05) is 6.08 Å². The molecular formula is C6H10NO. The summed E-state index contributed by atoms with van der Waals surface area (Å²) >= 11 is 0. The van der Waals surface area contributed by atoms with E-state index in [0.717, 1.165) is 0 Å². The molecule has 0 heterocycles. The lowest BCUT2D eigenvalue weighted by Crippen LogP contribution is -2.07. The van der Waals surface area contributed by atoms with Gasteiger partial charge in [0.15, 0.2) is 0 Å². The molecule has 1 amide bonds. The summed E-state index contributed by atoms with van der Waals surface area (Å²) in [6, 6.07) is 0. The molecule has 2 nitrogen and oxygen atoms in total. The van der Waals surface area contributed by atoms with Crippen LogP contribution >= 0.6 is 0 Å². The van der Waals surface area contributed by atoms with Crippen molar-refractivity contribution in [2.45, 2.75) is 12.8 Å². The first kappa shape index (κ1) is 7.21. The van der Waals surface area contributed by atoms with E-state index >= 15 is 0 Å². The summed E-state index contributed by atoms with van der Waals surface area (Å²) in [4.78, 5) is 10.0. The summed E-state index contributed by atoms with van der Waals surface area (Å²) < 4.78 is 0. The summed E-state index contributed by atoms with van der Waals surface area (Å²) in [7, 11) is 0. The van der Waals surface area contributed by atoms with Crippen LogP contribution in [0.15, 0.2) is 12.2 Å². The molecular weight excluding hydrogens is 102 g/mol.